The Morgan fingerprint density at radius 3 is 1.76 bits per heavy atom. The highest BCUT2D eigenvalue weighted by molar-refractivity contribution is 5.94. The van der Waals surface area contributed by atoms with Crippen LogP contribution >= 0.6 is 0 Å². The van der Waals surface area contributed by atoms with Crippen molar-refractivity contribution in [1.82, 2.24) is 0 Å². The van der Waals surface area contributed by atoms with E-state index >= 15 is 0 Å². The lowest BCUT2D eigenvalue weighted by Gasteiger charge is -2.15. The average molecular weight is 454 g/mol. The van der Waals surface area contributed by atoms with E-state index in [-0.39, 0.29) is 5.91 Å². The SMILES string of the molecule is C[C@H](Oc1ccc(-c2ccccc2)cc1)C(=O)Nc1ccc(OCCOc2ccccc2)cc1. The summed E-state index contributed by atoms with van der Waals surface area (Å²) in [6, 6.07) is 34.7. The van der Waals surface area contributed by atoms with Crippen molar-refractivity contribution in [3.05, 3.63) is 109 Å². The normalized spacial score (nSPS) is 11.3. The summed E-state index contributed by atoms with van der Waals surface area (Å²) in [4.78, 5) is 12.6. The standard InChI is InChI=1S/C29H27NO4/c1-22(34-28-16-12-24(13-17-28)23-8-4-2-5-9-23)29(31)30-25-14-18-27(19-15-25)33-21-20-32-26-10-6-3-7-11-26/h2-19,22H,20-21H2,1H3,(H,30,31)/t22-/m0/s1. The number of benzene rings is 4. The van der Waals surface area contributed by atoms with Crippen LogP contribution in [0.25, 0.3) is 11.1 Å². The van der Waals surface area contributed by atoms with Crippen LogP contribution in [-0.4, -0.2) is 25.2 Å². The zero-order valence-electron chi connectivity index (χ0n) is 19.0. The van der Waals surface area contributed by atoms with E-state index in [1.165, 1.54) is 0 Å². The summed E-state index contributed by atoms with van der Waals surface area (Å²) in [6.07, 6.45) is -0.645. The van der Waals surface area contributed by atoms with Crippen molar-refractivity contribution in [3.63, 3.8) is 0 Å². The molecule has 0 fully saturated rings. The minimum absolute atomic E-state index is 0.225. The number of hydrogen-bond acceptors (Lipinski definition) is 4. The van der Waals surface area contributed by atoms with Crippen molar-refractivity contribution < 1.29 is 19.0 Å². The molecular formula is C29H27NO4. The Labute approximate surface area is 199 Å². The van der Waals surface area contributed by atoms with Crippen molar-refractivity contribution >= 4 is 11.6 Å². The molecule has 0 aromatic heterocycles. The third kappa shape index (κ3) is 6.62. The second-order valence-corrected chi connectivity index (χ2v) is 7.67. The maximum atomic E-state index is 12.6. The molecule has 0 saturated heterocycles. The first-order valence-electron chi connectivity index (χ1n) is 11.2. The summed E-state index contributed by atoms with van der Waals surface area (Å²) in [7, 11) is 0. The van der Waals surface area contributed by atoms with E-state index in [0.717, 1.165) is 16.9 Å². The molecular weight excluding hydrogens is 426 g/mol. The molecule has 0 bridgehead atoms. The van der Waals surface area contributed by atoms with Crippen LogP contribution < -0.4 is 19.5 Å². The molecule has 0 aliphatic heterocycles. The third-order valence-corrected chi connectivity index (χ3v) is 5.13. The summed E-state index contributed by atoms with van der Waals surface area (Å²) >= 11 is 0. The molecule has 1 N–H and O–H groups in total. The van der Waals surface area contributed by atoms with E-state index in [2.05, 4.69) is 17.4 Å². The first kappa shape index (κ1) is 22.9. The summed E-state index contributed by atoms with van der Waals surface area (Å²) in [5.74, 6) is 1.94. The lowest BCUT2D eigenvalue weighted by Crippen LogP contribution is -2.30. The Morgan fingerprint density at radius 2 is 1.15 bits per heavy atom. The molecule has 1 atom stereocenters. The van der Waals surface area contributed by atoms with E-state index < -0.39 is 6.10 Å². The van der Waals surface area contributed by atoms with Gasteiger partial charge in [0.05, 0.1) is 0 Å². The van der Waals surface area contributed by atoms with Gasteiger partial charge in [-0.1, -0.05) is 60.7 Å². The highest BCUT2D eigenvalue weighted by Gasteiger charge is 2.15. The van der Waals surface area contributed by atoms with Crippen LogP contribution in [0.5, 0.6) is 17.2 Å². The summed E-state index contributed by atoms with van der Waals surface area (Å²) in [6.45, 7) is 2.60. The van der Waals surface area contributed by atoms with Crippen LogP contribution in [-0.2, 0) is 4.79 Å². The largest absolute Gasteiger partial charge is 0.490 e. The number of nitrogens with one attached hydrogen (secondary N) is 1. The van der Waals surface area contributed by atoms with Gasteiger partial charge in [0.1, 0.15) is 30.5 Å². The number of ether oxygens (including phenoxy) is 3. The average Bonchev–Trinajstić information content (AvgIpc) is 2.89. The number of para-hydroxylation sites is 1. The maximum Gasteiger partial charge on any atom is 0.265 e. The van der Waals surface area contributed by atoms with Crippen LogP contribution in [0.1, 0.15) is 6.92 Å². The zero-order valence-corrected chi connectivity index (χ0v) is 19.0. The molecule has 5 nitrogen and oxygen atoms in total. The molecule has 0 saturated carbocycles. The van der Waals surface area contributed by atoms with E-state index in [9.17, 15) is 4.79 Å². The van der Waals surface area contributed by atoms with Crippen LogP contribution in [0.4, 0.5) is 5.69 Å². The minimum atomic E-state index is -0.645. The summed E-state index contributed by atoms with van der Waals surface area (Å²) in [5.41, 5.74) is 2.91. The van der Waals surface area contributed by atoms with Crippen molar-refractivity contribution in [1.29, 1.82) is 0 Å². The van der Waals surface area contributed by atoms with E-state index in [0.29, 0.717) is 30.4 Å². The molecule has 5 heteroatoms. The monoisotopic (exact) mass is 453 g/mol. The lowest BCUT2D eigenvalue weighted by molar-refractivity contribution is -0.122. The molecule has 172 valence electrons. The van der Waals surface area contributed by atoms with Gasteiger partial charge in [0, 0.05) is 5.69 Å². The van der Waals surface area contributed by atoms with Gasteiger partial charge in [-0.05, 0) is 66.6 Å². The van der Waals surface area contributed by atoms with Gasteiger partial charge < -0.3 is 19.5 Å². The van der Waals surface area contributed by atoms with Crippen LogP contribution in [0.3, 0.4) is 0 Å². The molecule has 0 radical (unpaired) electrons. The Balaban J connectivity index is 1.22. The molecule has 34 heavy (non-hydrogen) atoms. The Bertz CT molecular complexity index is 1160. The fourth-order valence-electron chi connectivity index (χ4n) is 3.33. The van der Waals surface area contributed by atoms with Crippen molar-refractivity contribution in [2.45, 2.75) is 13.0 Å². The van der Waals surface area contributed by atoms with Crippen molar-refractivity contribution in [2.24, 2.45) is 0 Å². The van der Waals surface area contributed by atoms with Crippen molar-refractivity contribution in [2.75, 3.05) is 18.5 Å². The molecule has 0 aliphatic rings. The van der Waals surface area contributed by atoms with Crippen LogP contribution in [0.2, 0.25) is 0 Å². The van der Waals surface area contributed by atoms with E-state index in [4.69, 9.17) is 14.2 Å². The minimum Gasteiger partial charge on any atom is -0.490 e. The van der Waals surface area contributed by atoms with Crippen molar-refractivity contribution in [3.8, 4) is 28.4 Å². The molecule has 4 rings (SSSR count). The number of carbonyl (C=O) groups excluding carboxylic acids is 1. The van der Waals surface area contributed by atoms with Gasteiger partial charge in [-0.15, -0.1) is 0 Å². The Hall–Kier alpha value is -4.25. The molecule has 0 heterocycles. The molecule has 4 aromatic carbocycles. The number of anilines is 1. The Morgan fingerprint density at radius 1 is 0.647 bits per heavy atom. The Kier molecular flexibility index (Phi) is 7.80. The molecule has 0 spiro atoms. The zero-order chi connectivity index (χ0) is 23.6. The second-order valence-electron chi connectivity index (χ2n) is 7.67. The van der Waals surface area contributed by atoms with Gasteiger partial charge in [-0.25, -0.2) is 0 Å². The topological polar surface area (TPSA) is 56.8 Å². The first-order valence-corrected chi connectivity index (χ1v) is 11.2. The van der Waals surface area contributed by atoms with Gasteiger partial charge in [-0.3, -0.25) is 4.79 Å². The number of hydrogen-bond donors (Lipinski definition) is 1. The first-order chi connectivity index (χ1) is 16.7. The highest BCUT2D eigenvalue weighted by Crippen LogP contribution is 2.23. The predicted molar refractivity (Wildman–Crippen MR) is 134 cm³/mol. The maximum absolute atomic E-state index is 12.6. The molecule has 1 amide bonds. The molecule has 4 aromatic rings. The fraction of sp³-hybridized carbons (Fsp3) is 0.138. The van der Waals surface area contributed by atoms with Gasteiger partial charge >= 0.3 is 0 Å². The molecule has 0 aliphatic carbocycles. The molecule has 0 unspecified atom stereocenters. The smallest absolute Gasteiger partial charge is 0.265 e. The fourth-order valence-corrected chi connectivity index (χ4v) is 3.33. The van der Waals surface area contributed by atoms with E-state index in [1.807, 2.05) is 84.9 Å². The number of carbonyl (C=O) groups is 1. The summed E-state index contributed by atoms with van der Waals surface area (Å²) < 4.78 is 17.1. The lowest BCUT2D eigenvalue weighted by atomic mass is 10.1. The van der Waals surface area contributed by atoms with Gasteiger partial charge in [0.15, 0.2) is 6.10 Å². The van der Waals surface area contributed by atoms with Gasteiger partial charge in [0.2, 0.25) is 0 Å². The van der Waals surface area contributed by atoms with Gasteiger partial charge in [-0.2, -0.15) is 0 Å². The van der Waals surface area contributed by atoms with Crippen LogP contribution in [0.15, 0.2) is 109 Å². The number of rotatable bonds is 10. The highest BCUT2D eigenvalue weighted by atomic mass is 16.5. The van der Waals surface area contributed by atoms with Crippen LogP contribution in [0, 0.1) is 0 Å². The predicted octanol–water partition coefficient (Wildman–Crippen LogP) is 6.22. The van der Waals surface area contributed by atoms with Gasteiger partial charge in [0.25, 0.3) is 5.91 Å². The van der Waals surface area contributed by atoms with E-state index in [1.54, 1.807) is 19.1 Å². The summed E-state index contributed by atoms with van der Waals surface area (Å²) in [5, 5.41) is 2.87. The second kappa shape index (κ2) is 11.6. The third-order valence-electron chi connectivity index (χ3n) is 5.13. The number of amides is 1. The quantitative estimate of drug-likeness (QED) is 0.290.